The van der Waals surface area contributed by atoms with Crippen molar-refractivity contribution in [3.05, 3.63) is 40.2 Å². The summed E-state index contributed by atoms with van der Waals surface area (Å²) in [4.78, 5) is 4.28. The van der Waals surface area contributed by atoms with Crippen LogP contribution in [-0.4, -0.2) is 42.5 Å². The van der Waals surface area contributed by atoms with Gasteiger partial charge < -0.3 is 20.1 Å². The minimum Gasteiger partial charge on any atom is -0.489 e. The molecule has 0 bridgehead atoms. The lowest BCUT2D eigenvalue weighted by Crippen LogP contribution is -2.37. The monoisotopic (exact) mass is 533 g/mol. The third-order valence-electron chi connectivity index (χ3n) is 4.49. The zero-order chi connectivity index (χ0) is 19.9. The van der Waals surface area contributed by atoms with E-state index in [1.807, 2.05) is 23.7 Å². The van der Waals surface area contributed by atoms with E-state index < -0.39 is 0 Å². The Kier molecular flexibility index (Phi) is 9.35. The Morgan fingerprint density at radius 3 is 2.72 bits per heavy atom. The first-order chi connectivity index (χ1) is 13.6. The fourth-order valence-electron chi connectivity index (χ4n) is 3.13. The second-order valence-corrected chi connectivity index (χ2v) is 7.22. The molecule has 0 fully saturated rings. The molecule has 0 aliphatic carbocycles. The third kappa shape index (κ3) is 6.67. The van der Waals surface area contributed by atoms with Crippen LogP contribution >= 0.6 is 35.6 Å². The third-order valence-corrected chi connectivity index (χ3v) is 4.77. The van der Waals surface area contributed by atoms with Crippen LogP contribution in [0.5, 0.6) is 11.5 Å². The molecular weight excluding hydrogens is 505 g/mol. The van der Waals surface area contributed by atoms with Crippen LogP contribution in [0, 0.1) is 13.8 Å². The highest BCUT2D eigenvalue weighted by atomic mass is 127. The average Bonchev–Trinajstić information content (AvgIpc) is 2.85. The van der Waals surface area contributed by atoms with E-state index in [1.54, 1.807) is 7.05 Å². The van der Waals surface area contributed by atoms with Crippen LogP contribution in [0.25, 0.3) is 0 Å². The zero-order valence-electron chi connectivity index (χ0n) is 17.1. The molecule has 0 unspecified atom stereocenters. The first-order valence-electron chi connectivity index (χ1n) is 9.60. The SMILES string of the molecule is CN=C(NCCCn1nc(C)cc1C)NCc1cc(Cl)c2c(c1)OCCCO2.I. The number of hydrogen-bond acceptors (Lipinski definition) is 4. The number of hydrogen-bond donors (Lipinski definition) is 2. The van der Waals surface area contributed by atoms with Crippen LogP contribution in [0.1, 0.15) is 29.8 Å². The molecule has 3 rings (SSSR count). The van der Waals surface area contributed by atoms with E-state index in [9.17, 15) is 0 Å². The van der Waals surface area contributed by atoms with E-state index in [-0.39, 0.29) is 24.0 Å². The molecule has 29 heavy (non-hydrogen) atoms. The van der Waals surface area contributed by atoms with E-state index in [1.165, 1.54) is 5.69 Å². The summed E-state index contributed by atoms with van der Waals surface area (Å²) in [5.74, 6) is 2.08. The number of benzene rings is 1. The average molecular weight is 534 g/mol. The molecule has 0 amide bonds. The molecule has 160 valence electrons. The predicted octanol–water partition coefficient (Wildman–Crippen LogP) is 3.69. The van der Waals surface area contributed by atoms with Gasteiger partial charge in [-0.25, -0.2) is 0 Å². The van der Waals surface area contributed by atoms with E-state index >= 15 is 0 Å². The first-order valence-corrected chi connectivity index (χ1v) is 9.98. The molecule has 0 saturated carbocycles. The number of nitrogens with zero attached hydrogens (tertiary/aromatic N) is 3. The molecule has 1 aromatic carbocycles. The Bertz CT molecular complexity index is 841. The maximum absolute atomic E-state index is 6.36. The van der Waals surface area contributed by atoms with Gasteiger partial charge in [0.15, 0.2) is 17.5 Å². The van der Waals surface area contributed by atoms with Crippen molar-refractivity contribution in [1.29, 1.82) is 0 Å². The smallest absolute Gasteiger partial charge is 0.191 e. The summed E-state index contributed by atoms with van der Waals surface area (Å²) in [6.45, 7) is 7.62. The Balaban J connectivity index is 0.00000300. The number of guanidine groups is 1. The first kappa shape index (κ1) is 23.6. The standard InChI is InChI=1S/C20H28ClN5O2.HI/c1-14-10-15(2)26(25-14)7-4-6-23-20(22-3)24-13-16-11-17(21)19-18(12-16)27-8-5-9-28-19;/h10-12H,4-9,13H2,1-3H3,(H2,22,23,24);1H. The number of aryl methyl sites for hydroxylation is 3. The van der Waals surface area contributed by atoms with Gasteiger partial charge in [-0.2, -0.15) is 5.10 Å². The topological polar surface area (TPSA) is 72.7 Å². The van der Waals surface area contributed by atoms with Crippen molar-refractivity contribution in [3.8, 4) is 11.5 Å². The quantitative estimate of drug-likeness (QED) is 0.257. The number of rotatable bonds is 6. The van der Waals surface area contributed by atoms with Gasteiger partial charge in [-0.1, -0.05) is 11.6 Å². The second-order valence-electron chi connectivity index (χ2n) is 6.81. The normalized spacial score (nSPS) is 13.4. The summed E-state index contributed by atoms with van der Waals surface area (Å²) in [5.41, 5.74) is 3.25. The molecule has 1 aliphatic heterocycles. The number of ether oxygens (including phenoxy) is 2. The van der Waals surface area contributed by atoms with Gasteiger partial charge >= 0.3 is 0 Å². The molecule has 0 atom stereocenters. The minimum absolute atomic E-state index is 0. The highest BCUT2D eigenvalue weighted by Gasteiger charge is 2.15. The molecule has 1 aliphatic rings. The van der Waals surface area contributed by atoms with Crippen LogP contribution in [0.4, 0.5) is 0 Å². The predicted molar refractivity (Wildman–Crippen MR) is 127 cm³/mol. The van der Waals surface area contributed by atoms with Crippen LogP contribution in [0.15, 0.2) is 23.2 Å². The highest BCUT2D eigenvalue weighted by Crippen LogP contribution is 2.37. The Labute approximate surface area is 194 Å². The van der Waals surface area contributed by atoms with Gasteiger partial charge in [0.25, 0.3) is 0 Å². The molecule has 0 saturated heterocycles. The summed E-state index contributed by atoms with van der Waals surface area (Å²) >= 11 is 6.36. The highest BCUT2D eigenvalue weighted by molar-refractivity contribution is 14.0. The van der Waals surface area contributed by atoms with Crippen LogP contribution in [-0.2, 0) is 13.1 Å². The number of fused-ring (bicyclic) bond motifs is 1. The number of nitrogens with one attached hydrogen (secondary N) is 2. The molecule has 1 aromatic heterocycles. The molecule has 2 aromatic rings. The second kappa shape index (κ2) is 11.5. The molecule has 7 nitrogen and oxygen atoms in total. The number of halogens is 2. The minimum atomic E-state index is 0. The Hall–Kier alpha value is -1.68. The van der Waals surface area contributed by atoms with Gasteiger partial charge in [0.1, 0.15) is 0 Å². The van der Waals surface area contributed by atoms with Crippen molar-refractivity contribution in [1.82, 2.24) is 20.4 Å². The van der Waals surface area contributed by atoms with Crippen molar-refractivity contribution in [2.24, 2.45) is 4.99 Å². The van der Waals surface area contributed by atoms with E-state index in [2.05, 4.69) is 33.7 Å². The number of aliphatic imine (C=N–C) groups is 1. The summed E-state index contributed by atoms with van der Waals surface area (Å²) in [7, 11) is 1.76. The van der Waals surface area contributed by atoms with Gasteiger partial charge in [-0.3, -0.25) is 9.67 Å². The fourth-order valence-corrected chi connectivity index (χ4v) is 3.42. The van der Waals surface area contributed by atoms with Crippen molar-refractivity contribution in [3.63, 3.8) is 0 Å². The van der Waals surface area contributed by atoms with E-state index in [0.717, 1.165) is 43.1 Å². The molecule has 2 heterocycles. The van der Waals surface area contributed by atoms with Crippen molar-refractivity contribution >= 4 is 41.5 Å². The molecule has 0 radical (unpaired) electrons. The molecule has 2 N–H and O–H groups in total. The molecule has 0 spiro atoms. The van der Waals surface area contributed by atoms with E-state index in [0.29, 0.717) is 36.3 Å². The van der Waals surface area contributed by atoms with Gasteiger partial charge in [0.05, 0.1) is 23.9 Å². The lowest BCUT2D eigenvalue weighted by molar-refractivity contribution is 0.297. The number of aromatic nitrogens is 2. The van der Waals surface area contributed by atoms with Gasteiger partial charge in [-0.05, 0) is 44.0 Å². The molecular formula is C20H29ClIN5O2. The fraction of sp³-hybridized carbons (Fsp3) is 0.500. The maximum Gasteiger partial charge on any atom is 0.191 e. The van der Waals surface area contributed by atoms with Gasteiger partial charge in [-0.15, -0.1) is 24.0 Å². The summed E-state index contributed by atoms with van der Waals surface area (Å²) in [6, 6.07) is 5.96. The van der Waals surface area contributed by atoms with Crippen molar-refractivity contribution in [2.75, 3.05) is 26.8 Å². The van der Waals surface area contributed by atoms with E-state index in [4.69, 9.17) is 21.1 Å². The maximum atomic E-state index is 6.36. The van der Waals surface area contributed by atoms with Crippen molar-refractivity contribution < 1.29 is 9.47 Å². The molecule has 9 heteroatoms. The Morgan fingerprint density at radius 1 is 1.21 bits per heavy atom. The summed E-state index contributed by atoms with van der Waals surface area (Å²) in [6.07, 6.45) is 1.81. The summed E-state index contributed by atoms with van der Waals surface area (Å²) < 4.78 is 13.5. The van der Waals surface area contributed by atoms with Crippen LogP contribution in [0.3, 0.4) is 0 Å². The van der Waals surface area contributed by atoms with Crippen molar-refractivity contribution in [2.45, 2.75) is 39.8 Å². The van der Waals surface area contributed by atoms with Gasteiger partial charge in [0.2, 0.25) is 0 Å². The summed E-state index contributed by atoms with van der Waals surface area (Å²) in [5, 5.41) is 11.7. The largest absolute Gasteiger partial charge is 0.489 e. The van der Waals surface area contributed by atoms with Crippen LogP contribution < -0.4 is 20.1 Å². The lowest BCUT2D eigenvalue weighted by atomic mass is 10.2. The van der Waals surface area contributed by atoms with Crippen LogP contribution in [0.2, 0.25) is 5.02 Å². The lowest BCUT2D eigenvalue weighted by Gasteiger charge is -2.14. The Morgan fingerprint density at radius 2 is 2.00 bits per heavy atom. The zero-order valence-corrected chi connectivity index (χ0v) is 20.2. The van der Waals surface area contributed by atoms with Gasteiger partial charge in [0, 0.05) is 38.8 Å².